The van der Waals surface area contributed by atoms with Crippen LogP contribution in [-0.2, 0) is 9.53 Å². The molecular formula is C17H20N2O4. The molecule has 6 heteroatoms. The Kier molecular flexibility index (Phi) is 4.62. The summed E-state index contributed by atoms with van der Waals surface area (Å²) in [7, 11) is 0. The number of aromatic amines is 1. The highest BCUT2D eigenvalue weighted by molar-refractivity contribution is 6.05. The van der Waals surface area contributed by atoms with Gasteiger partial charge < -0.3 is 20.1 Å². The number of fused-ring (bicyclic) bond motifs is 1. The van der Waals surface area contributed by atoms with Crippen LogP contribution in [0.25, 0.3) is 10.9 Å². The van der Waals surface area contributed by atoms with E-state index in [1.165, 1.54) is 0 Å². The number of ether oxygens (including phenoxy) is 1. The van der Waals surface area contributed by atoms with Crippen molar-refractivity contribution in [2.24, 2.45) is 11.8 Å². The smallest absolute Gasteiger partial charge is 0.308 e. The number of aromatic nitrogens is 1. The van der Waals surface area contributed by atoms with Gasteiger partial charge in [0.25, 0.3) is 5.91 Å². The summed E-state index contributed by atoms with van der Waals surface area (Å²) in [5.74, 6) is -1.65. The Labute approximate surface area is 133 Å². The molecule has 2 heterocycles. The molecule has 0 saturated carbocycles. The van der Waals surface area contributed by atoms with Gasteiger partial charge in [-0.25, -0.2) is 0 Å². The Morgan fingerprint density at radius 3 is 2.83 bits per heavy atom. The van der Waals surface area contributed by atoms with Gasteiger partial charge in [-0.15, -0.1) is 0 Å². The quantitative estimate of drug-likeness (QED) is 0.787. The number of hydrogen-bond acceptors (Lipinski definition) is 3. The predicted octanol–water partition coefficient (Wildman–Crippen LogP) is 2.03. The summed E-state index contributed by atoms with van der Waals surface area (Å²) in [4.78, 5) is 27.0. The molecule has 2 aromatic rings. The lowest BCUT2D eigenvalue weighted by Gasteiger charge is -2.27. The van der Waals surface area contributed by atoms with Crippen LogP contribution in [0.3, 0.4) is 0 Å². The summed E-state index contributed by atoms with van der Waals surface area (Å²) in [6, 6.07) is 7.37. The summed E-state index contributed by atoms with van der Waals surface area (Å²) in [6.07, 6.45) is 3.22. The molecule has 3 N–H and O–H groups in total. The number of carbonyl (C=O) groups is 2. The van der Waals surface area contributed by atoms with Crippen LogP contribution >= 0.6 is 0 Å². The van der Waals surface area contributed by atoms with Crippen molar-refractivity contribution < 1.29 is 19.4 Å². The first-order chi connectivity index (χ1) is 11.2. The van der Waals surface area contributed by atoms with Crippen molar-refractivity contribution in [2.75, 3.05) is 19.8 Å². The van der Waals surface area contributed by atoms with E-state index in [0.29, 0.717) is 18.8 Å². The number of benzene rings is 1. The number of rotatable bonds is 5. The van der Waals surface area contributed by atoms with Gasteiger partial charge in [-0.2, -0.15) is 0 Å². The lowest BCUT2D eigenvalue weighted by Crippen LogP contribution is -2.39. The highest BCUT2D eigenvalue weighted by Gasteiger charge is 2.30. The molecule has 3 rings (SSSR count). The lowest BCUT2D eigenvalue weighted by atomic mass is 9.86. The molecular weight excluding hydrogens is 296 g/mol. The molecule has 1 aromatic heterocycles. The molecule has 0 spiro atoms. The van der Waals surface area contributed by atoms with Crippen LogP contribution in [0, 0.1) is 11.8 Å². The molecule has 1 unspecified atom stereocenters. The summed E-state index contributed by atoms with van der Waals surface area (Å²) in [6.45, 7) is 1.31. The van der Waals surface area contributed by atoms with Crippen molar-refractivity contribution in [3.63, 3.8) is 0 Å². The fourth-order valence-electron chi connectivity index (χ4n) is 3.15. The topological polar surface area (TPSA) is 91.4 Å². The normalized spacial score (nSPS) is 17.0. The molecule has 0 radical (unpaired) electrons. The molecule has 1 aromatic carbocycles. The van der Waals surface area contributed by atoms with E-state index in [0.717, 1.165) is 23.7 Å². The van der Waals surface area contributed by atoms with E-state index in [2.05, 4.69) is 10.3 Å². The van der Waals surface area contributed by atoms with E-state index in [4.69, 9.17) is 4.74 Å². The monoisotopic (exact) mass is 316 g/mol. The Bertz CT molecular complexity index is 703. The first-order valence-corrected chi connectivity index (χ1v) is 7.81. The Hall–Kier alpha value is -2.34. The van der Waals surface area contributed by atoms with E-state index in [-0.39, 0.29) is 18.4 Å². The molecule has 1 aliphatic rings. The minimum atomic E-state index is -0.865. The summed E-state index contributed by atoms with van der Waals surface area (Å²) in [5, 5.41) is 13.2. The van der Waals surface area contributed by atoms with E-state index >= 15 is 0 Å². The summed E-state index contributed by atoms with van der Waals surface area (Å²) >= 11 is 0. The predicted molar refractivity (Wildman–Crippen MR) is 85.3 cm³/mol. The number of carbonyl (C=O) groups excluding carboxylic acids is 1. The zero-order valence-electron chi connectivity index (χ0n) is 12.7. The second-order valence-electron chi connectivity index (χ2n) is 5.85. The minimum absolute atomic E-state index is 0.0443. The Morgan fingerprint density at radius 2 is 2.09 bits per heavy atom. The van der Waals surface area contributed by atoms with Gasteiger partial charge in [0.1, 0.15) is 0 Å². The van der Waals surface area contributed by atoms with Crippen molar-refractivity contribution in [1.82, 2.24) is 10.3 Å². The molecule has 1 atom stereocenters. The van der Waals surface area contributed by atoms with Crippen molar-refractivity contribution in [2.45, 2.75) is 12.8 Å². The van der Waals surface area contributed by atoms with Gasteiger partial charge in [0.15, 0.2) is 0 Å². The van der Waals surface area contributed by atoms with Crippen LogP contribution < -0.4 is 5.32 Å². The van der Waals surface area contributed by atoms with Crippen molar-refractivity contribution in [3.8, 4) is 0 Å². The van der Waals surface area contributed by atoms with Crippen LogP contribution in [0.2, 0.25) is 0 Å². The maximum atomic E-state index is 12.4. The highest BCUT2D eigenvalue weighted by atomic mass is 16.5. The third-order valence-electron chi connectivity index (χ3n) is 4.47. The third kappa shape index (κ3) is 3.37. The number of aliphatic carboxylic acids is 1. The SMILES string of the molecule is O=C(NCC(C(=O)O)C1CCOCC1)c1cccc2cc[nH]c12. The fourth-order valence-corrected chi connectivity index (χ4v) is 3.15. The number of para-hydroxylation sites is 1. The molecule has 0 bridgehead atoms. The largest absolute Gasteiger partial charge is 0.481 e. The molecule has 23 heavy (non-hydrogen) atoms. The average molecular weight is 316 g/mol. The van der Waals surface area contributed by atoms with E-state index < -0.39 is 11.9 Å². The van der Waals surface area contributed by atoms with E-state index in [1.807, 2.05) is 18.2 Å². The lowest BCUT2D eigenvalue weighted by molar-refractivity contribution is -0.144. The van der Waals surface area contributed by atoms with Crippen molar-refractivity contribution in [3.05, 3.63) is 36.0 Å². The van der Waals surface area contributed by atoms with Gasteiger partial charge in [-0.05, 0) is 30.9 Å². The molecule has 0 aliphatic carbocycles. The van der Waals surface area contributed by atoms with Gasteiger partial charge >= 0.3 is 5.97 Å². The van der Waals surface area contributed by atoms with Gasteiger partial charge in [-0.1, -0.05) is 12.1 Å². The standard InChI is InChI=1S/C17H20N2O4/c20-16(13-3-1-2-12-4-7-18-15(12)13)19-10-14(17(21)22)11-5-8-23-9-6-11/h1-4,7,11,14,18H,5-6,8-10H2,(H,19,20)(H,21,22). The van der Waals surface area contributed by atoms with E-state index in [1.54, 1.807) is 12.3 Å². The van der Waals surface area contributed by atoms with Crippen LogP contribution in [0.15, 0.2) is 30.5 Å². The first-order valence-electron chi connectivity index (χ1n) is 7.81. The zero-order chi connectivity index (χ0) is 16.2. The molecule has 122 valence electrons. The van der Waals surface area contributed by atoms with Crippen molar-refractivity contribution >= 4 is 22.8 Å². The van der Waals surface area contributed by atoms with Gasteiger partial charge in [0.05, 0.1) is 17.0 Å². The Balaban J connectivity index is 1.69. The number of H-pyrrole nitrogens is 1. The highest BCUT2D eigenvalue weighted by Crippen LogP contribution is 2.24. The van der Waals surface area contributed by atoms with Crippen LogP contribution in [0.4, 0.5) is 0 Å². The zero-order valence-corrected chi connectivity index (χ0v) is 12.7. The summed E-state index contributed by atoms with van der Waals surface area (Å²) in [5.41, 5.74) is 1.30. The van der Waals surface area contributed by atoms with Crippen LogP contribution in [0.1, 0.15) is 23.2 Å². The number of hydrogen-bond donors (Lipinski definition) is 3. The second-order valence-corrected chi connectivity index (χ2v) is 5.85. The molecule has 1 aliphatic heterocycles. The Morgan fingerprint density at radius 1 is 1.30 bits per heavy atom. The van der Waals surface area contributed by atoms with Gasteiger partial charge in [-0.3, -0.25) is 9.59 Å². The number of carboxylic acid groups (broad SMARTS) is 1. The third-order valence-corrected chi connectivity index (χ3v) is 4.47. The molecule has 1 saturated heterocycles. The molecule has 6 nitrogen and oxygen atoms in total. The first kappa shape index (κ1) is 15.6. The van der Waals surface area contributed by atoms with Crippen molar-refractivity contribution in [1.29, 1.82) is 0 Å². The second kappa shape index (κ2) is 6.83. The number of carboxylic acids is 1. The van der Waals surface area contributed by atoms with Crippen LogP contribution in [0.5, 0.6) is 0 Å². The van der Waals surface area contributed by atoms with E-state index in [9.17, 15) is 14.7 Å². The van der Waals surface area contributed by atoms with Gasteiger partial charge in [0, 0.05) is 31.3 Å². The maximum Gasteiger partial charge on any atom is 0.308 e. The molecule has 1 amide bonds. The number of nitrogens with one attached hydrogen (secondary N) is 2. The fraction of sp³-hybridized carbons (Fsp3) is 0.412. The van der Waals surface area contributed by atoms with Gasteiger partial charge in [0.2, 0.25) is 0 Å². The summed E-state index contributed by atoms with van der Waals surface area (Å²) < 4.78 is 5.28. The maximum absolute atomic E-state index is 12.4. The minimum Gasteiger partial charge on any atom is -0.481 e. The number of amides is 1. The molecule has 1 fully saturated rings. The average Bonchev–Trinajstić information content (AvgIpc) is 3.04. The van der Waals surface area contributed by atoms with Crippen LogP contribution in [-0.4, -0.2) is 41.7 Å².